The van der Waals surface area contributed by atoms with Crippen molar-refractivity contribution in [1.82, 2.24) is 15.5 Å². The highest BCUT2D eigenvalue weighted by atomic mass is 35.5. The Morgan fingerprint density at radius 2 is 1.94 bits per heavy atom. The third-order valence-corrected chi connectivity index (χ3v) is 5.32. The lowest BCUT2D eigenvalue weighted by molar-refractivity contribution is -0.149. The molecule has 1 aromatic rings. The molecule has 1 atom stereocenters. The van der Waals surface area contributed by atoms with Crippen LogP contribution in [0, 0.1) is 5.92 Å². The number of hydrogen-bond acceptors (Lipinski definition) is 6. The van der Waals surface area contributed by atoms with Crippen LogP contribution in [-0.4, -0.2) is 61.6 Å². The van der Waals surface area contributed by atoms with Crippen molar-refractivity contribution in [3.05, 3.63) is 46.1 Å². The molecule has 3 amide bonds. The van der Waals surface area contributed by atoms with Gasteiger partial charge in [-0.2, -0.15) is 0 Å². The van der Waals surface area contributed by atoms with Crippen molar-refractivity contribution >= 4 is 35.5 Å². The molecule has 1 fully saturated rings. The van der Waals surface area contributed by atoms with Gasteiger partial charge in [0.05, 0.1) is 30.3 Å². The Morgan fingerprint density at radius 3 is 2.65 bits per heavy atom. The average molecular weight is 450 g/mol. The van der Waals surface area contributed by atoms with Gasteiger partial charge in [0, 0.05) is 23.7 Å². The SMILES string of the molecule is CCOC(=O)C1=C(COC(=O)C2CCCN(C(=O)c3ccc(Cl)cc3)C2)NC(=O)NC1. The van der Waals surface area contributed by atoms with Crippen molar-refractivity contribution in [3.63, 3.8) is 0 Å². The van der Waals surface area contributed by atoms with E-state index in [0.717, 1.165) is 0 Å². The van der Waals surface area contributed by atoms with Crippen molar-refractivity contribution in [2.24, 2.45) is 5.92 Å². The molecule has 0 aromatic heterocycles. The summed E-state index contributed by atoms with van der Waals surface area (Å²) < 4.78 is 10.4. The number of piperidine rings is 1. The zero-order chi connectivity index (χ0) is 22.4. The number of nitrogens with zero attached hydrogens (tertiary/aromatic N) is 1. The standard InChI is InChI=1S/C21H24ClN3O6/c1-2-30-20(28)16-10-23-21(29)24-17(16)12-31-19(27)14-4-3-9-25(11-14)18(26)13-5-7-15(22)8-6-13/h5-8,14H,2-4,9-12H2,1H3,(H2,23,24,29). The van der Waals surface area contributed by atoms with E-state index < -0.39 is 23.9 Å². The molecule has 3 rings (SSSR count). The van der Waals surface area contributed by atoms with Crippen LogP contribution >= 0.6 is 11.6 Å². The van der Waals surface area contributed by atoms with Crippen LogP contribution in [0.2, 0.25) is 5.02 Å². The summed E-state index contributed by atoms with van der Waals surface area (Å²) in [4.78, 5) is 50.7. The second-order valence-corrected chi connectivity index (χ2v) is 7.63. The number of ether oxygens (including phenoxy) is 2. The van der Waals surface area contributed by atoms with Crippen LogP contribution in [0.3, 0.4) is 0 Å². The molecule has 0 spiro atoms. The van der Waals surface area contributed by atoms with Gasteiger partial charge in [0.2, 0.25) is 0 Å². The normalized spacial score (nSPS) is 18.7. The fourth-order valence-corrected chi connectivity index (χ4v) is 3.58. The third kappa shape index (κ3) is 5.75. The van der Waals surface area contributed by atoms with Gasteiger partial charge in [-0.05, 0) is 44.0 Å². The summed E-state index contributed by atoms with van der Waals surface area (Å²) in [6, 6.07) is 6.10. The molecule has 2 aliphatic heterocycles. The molecule has 0 radical (unpaired) electrons. The topological polar surface area (TPSA) is 114 Å². The molecule has 0 saturated carbocycles. The molecule has 2 heterocycles. The van der Waals surface area contributed by atoms with E-state index in [1.807, 2.05) is 0 Å². The molecule has 1 saturated heterocycles. The average Bonchev–Trinajstić information content (AvgIpc) is 2.77. The van der Waals surface area contributed by atoms with E-state index in [1.54, 1.807) is 36.1 Å². The third-order valence-electron chi connectivity index (χ3n) is 5.07. The summed E-state index contributed by atoms with van der Waals surface area (Å²) in [7, 11) is 0. The van der Waals surface area contributed by atoms with E-state index in [2.05, 4.69) is 10.6 Å². The van der Waals surface area contributed by atoms with Gasteiger partial charge < -0.3 is 25.0 Å². The van der Waals surface area contributed by atoms with Crippen LogP contribution in [0.25, 0.3) is 0 Å². The molecule has 1 aromatic carbocycles. The first-order valence-electron chi connectivity index (χ1n) is 10.0. The number of hydrogen-bond donors (Lipinski definition) is 2. The second-order valence-electron chi connectivity index (χ2n) is 7.19. The van der Waals surface area contributed by atoms with E-state index in [9.17, 15) is 19.2 Å². The van der Waals surface area contributed by atoms with Gasteiger partial charge in [-0.25, -0.2) is 9.59 Å². The smallest absolute Gasteiger partial charge is 0.337 e. The number of amides is 3. The lowest BCUT2D eigenvalue weighted by Gasteiger charge is -2.32. The van der Waals surface area contributed by atoms with Crippen LogP contribution in [-0.2, 0) is 19.1 Å². The summed E-state index contributed by atoms with van der Waals surface area (Å²) in [6.45, 7) is 2.37. The van der Waals surface area contributed by atoms with Crippen molar-refractivity contribution in [2.75, 3.05) is 32.8 Å². The maximum atomic E-state index is 12.7. The van der Waals surface area contributed by atoms with E-state index in [1.165, 1.54) is 0 Å². The fraction of sp³-hybridized carbons (Fsp3) is 0.429. The molecular formula is C21H24ClN3O6. The number of esters is 2. The predicted molar refractivity (Wildman–Crippen MR) is 111 cm³/mol. The van der Waals surface area contributed by atoms with E-state index in [4.69, 9.17) is 21.1 Å². The summed E-state index contributed by atoms with van der Waals surface area (Å²) in [5.74, 6) is -1.74. The number of carbonyl (C=O) groups excluding carboxylic acids is 4. The van der Waals surface area contributed by atoms with Gasteiger partial charge in [-0.15, -0.1) is 0 Å². The molecule has 2 aliphatic rings. The number of likely N-dealkylation sites (tertiary alicyclic amines) is 1. The largest absolute Gasteiger partial charge is 0.463 e. The lowest BCUT2D eigenvalue weighted by atomic mass is 9.97. The first-order valence-corrected chi connectivity index (χ1v) is 10.4. The molecular weight excluding hydrogens is 426 g/mol. The summed E-state index contributed by atoms with van der Waals surface area (Å²) in [5.41, 5.74) is 0.901. The Hall–Kier alpha value is -3.07. The highest BCUT2D eigenvalue weighted by molar-refractivity contribution is 6.30. The van der Waals surface area contributed by atoms with Crippen LogP contribution in [0.4, 0.5) is 4.79 Å². The summed E-state index contributed by atoms with van der Waals surface area (Å²) in [6.07, 6.45) is 1.25. The highest BCUT2D eigenvalue weighted by Crippen LogP contribution is 2.21. The van der Waals surface area contributed by atoms with Gasteiger partial charge >= 0.3 is 18.0 Å². The maximum absolute atomic E-state index is 12.7. The number of halogens is 1. The van der Waals surface area contributed by atoms with Crippen molar-refractivity contribution in [3.8, 4) is 0 Å². The number of nitrogens with one attached hydrogen (secondary N) is 2. The second kappa shape index (κ2) is 10.3. The highest BCUT2D eigenvalue weighted by Gasteiger charge is 2.31. The zero-order valence-corrected chi connectivity index (χ0v) is 17.9. The molecule has 0 aliphatic carbocycles. The lowest BCUT2D eigenvalue weighted by Crippen LogP contribution is -2.46. The Morgan fingerprint density at radius 1 is 1.19 bits per heavy atom. The molecule has 31 heavy (non-hydrogen) atoms. The van der Waals surface area contributed by atoms with Crippen LogP contribution < -0.4 is 10.6 Å². The molecule has 10 heteroatoms. The Kier molecular flexibility index (Phi) is 7.51. The van der Waals surface area contributed by atoms with Gasteiger partial charge in [-0.3, -0.25) is 9.59 Å². The number of urea groups is 1. The van der Waals surface area contributed by atoms with Gasteiger partial charge in [0.25, 0.3) is 5.91 Å². The molecule has 2 N–H and O–H groups in total. The number of carbonyl (C=O) groups is 4. The van der Waals surface area contributed by atoms with Gasteiger partial charge in [-0.1, -0.05) is 11.6 Å². The molecule has 0 bridgehead atoms. The quantitative estimate of drug-likeness (QED) is 0.641. The fourth-order valence-electron chi connectivity index (χ4n) is 3.46. The number of rotatable bonds is 6. The maximum Gasteiger partial charge on any atom is 0.337 e. The minimum Gasteiger partial charge on any atom is -0.463 e. The minimum atomic E-state index is -0.585. The Bertz CT molecular complexity index is 899. The van der Waals surface area contributed by atoms with Gasteiger partial charge in [0.1, 0.15) is 6.61 Å². The van der Waals surface area contributed by atoms with E-state index in [0.29, 0.717) is 30.0 Å². The Balaban J connectivity index is 1.61. The van der Waals surface area contributed by atoms with Gasteiger partial charge in [0.15, 0.2) is 0 Å². The molecule has 166 valence electrons. The monoisotopic (exact) mass is 449 g/mol. The number of benzene rings is 1. The van der Waals surface area contributed by atoms with Crippen LogP contribution in [0.5, 0.6) is 0 Å². The van der Waals surface area contributed by atoms with Crippen molar-refractivity contribution in [2.45, 2.75) is 19.8 Å². The first-order chi connectivity index (χ1) is 14.9. The van der Waals surface area contributed by atoms with Crippen LogP contribution in [0.15, 0.2) is 35.5 Å². The molecule has 9 nitrogen and oxygen atoms in total. The Labute approximate surface area is 184 Å². The zero-order valence-electron chi connectivity index (χ0n) is 17.1. The van der Waals surface area contributed by atoms with E-state index >= 15 is 0 Å². The van der Waals surface area contributed by atoms with E-state index in [-0.39, 0.29) is 43.5 Å². The molecule has 1 unspecified atom stereocenters. The van der Waals surface area contributed by atoms with Crippen molar-refractivity contribution in [1.29, 1.82) is 0 Å². The summed E-state index contributed by atoms with van der Waals surface area (Å²) in [5, 5.41) is 5.52. The first kappa shape index (κ1) is 22.6. The minimum absolute atomic E-state index is 0.00957. The van der Waals surface area contributed by atoms with Crippen molar-refractivity contribution < 1.29 is 28.7 Å². The van der Waals surface area contributed by atoms with Crippen LogP contribution in [0.1, 0.15) is 30.1 Å². The predicted octanol–water partition coefficient (Wildman–Crippen LogP) is 1.87. The summed E-state index contributed by atoms with van der Waals surface area (Å²) >= 11 is 5.87.